The minimum absolute atomic E-state index is 0.00816. The normalized spacial score (nSPS) is 15.5. The van der Waals surface area contributed by atoms with E-state index in [0.717, 1.165) is 18.6 Å². The second-order valence-electron chi connectivity index (χ2n) is 5.49. The van der Waals surface area contributed by atoms with Crippen molar-refractivity contribution in [3.8, 4) is 0 Å². The summed E-state index contributed by atoms with van der Waals surface area (Å²) in [5.74, 6) is 0.935. The van der Waals surface area contributed by atoms with Gasteiger partial charge in [0, 0.05) is 36.7 Å². The highest BCUT2D eigenvalue weighted by atomic mass is 32.2. The van der Waals surface area contributed by atoms with Crippen LogP contribution in [-0.4, -0.2) is 42.2 Å². The monoisotopic (exact) mass is 321 g/mol. The van der Waals surface area contributed by atoms with Gasteiger partial charge in [-0.1, -0.05) is 18.2 Å². The number of rotatable bonds is 6. The number of hydrogen-bond acceptors (Lipinski definition) is 3. The molecule has 1 aromatic carbocycles. The smallest absolute Gasteiger partial charge is 0.317 e. The average Bonchev–Trinajstić information content (AvgIpc) is 2.52. The third-order valence-corrected chi connectivity index (χ3v) is 4.80. The summed E-state index contributed by atoms with van der Waals surface area (Å²) in [6.45, 7) is 2.06. The Hall–Kier alpha value is -1.69. The van der Waals surface area contributed by atoms with E-state index in [1.165, 1.54) is 4.90 Å². The maximum Gasteiger partial charge on any atom is 0.317 e. The molecule has 1 aromatic rings. The molecule has 0 aliphatic carbocycles. The number of piperidine rings is 1. The summed E-state index contributed by atoms with van der Waals surface area (Å²) in [7, 11) is 0. The molecule has 120 valence electrons. The van der Waals surface area contributed by atoms with Gasteiger partial charge in [-0.05, 0) is 30.9 Å². The molecule has 1 saturated heterocycles. The Balaban J connectivity index is 1.61. The van der Waals surface area contributed by atoms with Crippen molar-refractivity contribution < 1.29 is 9.59 Å². The first-order chi connectivity index (χ1) is 10.6. The number of thioether (sulfide) groups is 1. The molecule has 5 nitrogen and oxygen atoms in total. The summed E-state index contributed by atoms with van der Waals surface area (Å²) in [5, 5.41) is 2.95. The second kappa shape index (κ2) is 8.68. The van der Waals surface area contributed by atoms with Crippen LogP contribution in [-0.2, 0) is 4.79 Å². The van der Waals surface area contributed by atoms with Crippen LogP contribution in [0.3, 0.4) is 0 Å². The maximum atomic E-state index is 12.1. The minimum atomic E-state index is -0.249. The molecule has 1 aliphatic rings. The third-order valence-electron chi connectivity index (χ3n) is 3.78. The molecule has 0 aromatic heterocycles. The van der Waals surface area contributed by atoms with E-state index in [2.05, 4.69) is 17.4 Å². The van der Waals surface area contributed by atoms with Crippen molar-refractivity contribution >= 4 is 23.7 Å². The first-order valence-electron chi connectivity index (χ1n) is 7.64. The molecule has 0 radical (unpaired) electrons. The summed E-state index contributed by atoms with van der Waals surface area (Å²) in [5.41, 5.74) is 5.21. The van der Waals surface area contributed by atoms with Gasteiger partial charge >= 0.3 is 6.03 Å². The number of likely N-dealkylation sites (tertiary alicyclic amines) is 1. The van der Waals surface area contributed by atoms with Crippen molar-refractivity contribution in [3.63, 3.8) is 0 Å². The predicted octanol–water partition coefficient (Wildman–Crippen LogP) is 2.08. The van der Waals surface area contributed by atoms with Crippen LogP contribution in [0.25, 0.3) is 0 Å². The Morgan fingerprint density at radius 3 is 2.55 bits per heavy atom. The Morgan fingerprint density at radius 2 is 1.91 bits per heavy atom. The lowest BCUT2D eigenvalue weighted by molar-refractivity contribution is -0.119. The molecular weight excluding hydrogens is 298 g/mol. The summed E-state index contributed by atoms with van der Waals surface area (Å²) >= 11 is 1.73. The molecule has 2 rings (SSSR count). The van der Waals surface area contributed by atoms with Gasteiger partial charge in [0.2, 0.25) is 5.91 Å². The number of nitrogens with two attached hydrogens (primary N) is 1. The van der Waals surface area contributed by atoms with Gasteiger partial charge in [0.1, 0.15) is 0 Å². The van der Waals surface area contributed by atoms with Gasteiger partial charge < -0.3 is 16.0 Å². The van der Waals surface area contributed by atoms with Crippen molar-refractivity contribution in [3.05, 3.63) is 30.3 Å². The van der Waals surface area contributed by atoms with Gasteiger partial charge in [0.25, 0.3) is 0 Å². The SMILES string of the molecule is NC(=O)CC1CCN(C(=O)NCCSc2ccccc2)CC1. The number of amides is 3. The summed E-state index contributed by atoms with van der Waals surface area (Å²) in [4.78, 5) is 26.0. The molecule has 1 heterocycles. The molecule has 0 unspecified atom stereocenters. The average molecular weight is 321 g/mol. The van der Waals surface area contributed by atoms with Crippen molar-refractivity contribution in [2.75, 3.05) is 25.4 Å². The van der Waals surface area contributed by atoms with Crippen LogP contribution in [0.15, 0.2) is 35.2 Å². The van der Waals surface area contributed by atoms with Gasteiger partial charge in [0.05, 0.1) is 0 Å². The third kappa shape index (κ3) is 5.60. The van der Waals surface area contributed by atoms with E-state index in [1.54, 1.807) is 11.8 Å². The fraction of sp³-hybridized carbons (Fsp3) is 0.500. The summed E-state index contributed by atoms with van der Waals surface area (Å²) < 4.78 is 0. The highest BCUT2D eigenvalue weighted by Gasteiger charge is 2.23. The molecule has 0 bridgehead atoms. The maximum absolute atomic E-state index is 12.1. The van der Waals surface area contributed by atoms with Crippen molar-refractivity contribution in [2.45, 2.75) is 24.2 Å². The van der Waals surface area contributed by atoms with E-state index in [0.29, 0.717) is 32.0 Å². The number of primary amides is 1. The zero-order chi connectivity index (χ0) is 15.8. The Bertz CT molecular complexity index is 487. The molecule has 3 N–H and O–H groups in total. The molecule has 0 spiro atoms. The lowest BCUT2D eigenvalue weighted by atomic mass is 9.93. The first kappa shape index (κ1) is 16.7. The zero-order valence-corrected chi connectivity index (χ0v) is 13.5. The van der Waals surface area contributed by atoms with E-state index in [4.69, 9.17) is 5.73 Å². The highest BCUT2D eigenvalue weighted by Crippen LogP contribution is 2.20. The van der Waals surface area contributed by atoms with E-state index in [1.807, 2.05) is 23.1 Å². The minimum Gasteiger partial charge on any atom is -0.370 e. The van der Waals surface area contributed by atoms with Crippen molar-refractivity contribution in [1.29, 1.82) is 0 Å². The van der Waals surface area contributed by atoms with E-state index in [9.17, 15) is 9.59 Å². The van der Waals surface area contributed by atoms with Crippen LogP contribution in [0.5, 0.6) is 0 Å². The number of hydrogen-bond donors (Lipinski definition) is 2. The molecule has 22 heavy (non-hydrogen) atoms. The van der Waals surface area contributed by atoms with Gasteiger partial charge in [0.15, 0.2) is 0 Å². The van der Waals surface area contributed by atoms with Gasteiger partial charge in [-0.15, -0.1) is 11.8 Å². The first-order valence-corrected chi connectivity index (χ1v) is 8.62. The zero-order valence-electron chi connectivity index (χ0n) is 12.7. The second-order valence-corrected chi connectivity index (χ2v) is 6.66. The Morgan fingerprint density at radius 1 is 1.23 bits per heavy atom. The van der Waals surface area contributed by atoms with Crippen LogP contribution in [0, 0.1) is 5.92 Å². The standard InChI is InChI=1S/C16H23N3O2S/c17-15(20)12-13-6-9-19(10-7-13)16(21)18-8-11-22-14-4-2-1-3-5-14/h1-5,13H,6-12H2,(H2,17,20)(H,18,21). The number of carbonyl (C=O) groups is 2. The Kier molecular flexibility index (Phi) is 6.58. The van der Waals surface area contributed by atoms with E-state index in [-0.39, 0.29) is 11.9 Å². The van der Waals surface area contributed by atoms with E-state index < -0.39 is 0 Å². The van der Waals surface area contributed by atoms with E-state index >= 15 is 0 Å². The molecule has 6 heteroatoms. The lowest BCUT2D eigenvalue weighted by Crippen LogP contribution is -2.45. The number of urea groups is 1. The number of benzene rings is 1. The molecule has 3 amide bonds. The van der Waals surface area contributed by atoms with Gasteiger partial charge in [-0.2, -0.15) is 0 Å². The summed E-state index contributed by atoms with van der Waals surface area (Å²) in [6.07, 6.45) is 2.15. The molecule has 0 atom stereocenters. The topological polar surface area (TPSA) is 75.4 Å². The number of nitrogens with one attached hydrogen (secondary N) is 1. The van der Waals surface area contributed by atoms with Crippen LogP contribution in [0.4, 0.5) is 4.79 Å². The lowest BCUT2D eigenvalue weighted by Gasteiger charge is -2.31. The molecule has 0 saturated carbocycles. The van der Waals surface area contributed by atoms with Crippen LogP contribution in [0.2, 0.25) is 0 Å². The predicted molar refractivity (Wildman–Crippen MR) is 88.7 cm³/mol. The van der Waals surface area contributed by atoms with Crippen molar-refractivity contribution in [2.24, 2.45) is 11.7 Å². The Labute approximate surface area is 135 Å². The van der Waals surface area contributed by atoms with Crippen LogP contribution in [0.1, 0.15) is 19.3 Å². The fourth-order valence-corrected chi connectivity index (χ4v) is 3.37. The highest BCUT2D eigenvalue weighted by molar-refractivity contribution is 7.99. The van der Waals surface area contributed by atoms with Crippen LogP contribution < -0.4 is 11.1 Å². The quantitative estimate of drug-likeness (QED) is 0.622. The van der Waals surface area contributed by atoms with Gasteiger partial charge in [-0.3, -0.25) is 4.79 Å². The molecule has 1 fully saturated rings. The molecule has 1 aliphatic heterocycles. The largest absolute Gasteiger partial charge is 0.370 e. The van der Waals surface area contributed by atoms with Crippen LogP contribution >= 0.6 is 11.8 Å². The van der Waals surface area contributed by atoms with Crippen molar-refractivity contribution in [1.82, 2.24) is 10.2 Å². The van der Waals surface area contributed by atoms with Gasteiger partial charge in [-0.25, -0.2) is 4.79 Å². The molecular formula is C16H23N3O2S. The number of nitrogens with zero attached hydrogens (tertiary/aromatic N) is 1. The fourth-order valence-electron chi connectivity index (χ4n) is 2.58. The summed E-state index contributed by atoms with van der Waals surface area (Å²) in [6, 6.07) is 10.1. The number of carbonyl (C=O) groups excluding carboxylic acids is 2.